The number of rotatable bonds is 3. The van der Waals surface area contributed by atoms with Crippen molar-refractivity contribution in [3.8, 4) is 0 Å². The predicted molar refractivity (Wildman–Crippen MR) is 88.0 cm³/mol. The average Bonchev–Trinajstić information content (AvgIpc) is 3.24. The quantitative estimate of drug-likeness (QED) is 0.809. The molecule has 3 aromatic rings. The molecular formula is C18H18N4O. The summed E-state index contributed by atoms with van der Waals surface area (Å²) in [4.78, 5) is 26.0. The van der Waals surface area contributed by atoms with E-state index in [0.29, 0.717) is 11.5 Å². The second-order valence-electron chi connectivity index (χ2n) is 6.11. The fourth-order valence-electron chi connectivity index (χ4n) is 3.29. The molecule has 1 saturated heterocycles. The molecule has 1 amide bonds. The van der Waals surface area contributed by atoms with Gasteiger partial charge in [-0.25, -0.2) is 4.98 Å². The highest BCUT2D eigenvalue weighted by Crippen LogP contribution is 2.23. The predicted octanol–water partition coefficient (Wildman–Crippen LogP) is 2.66. The van der Waals surface area contributed by atoms with Gasteiger partial charge >= 0.3 is 0 Å². The van der Waals surface area contributed by atoms with Crippen molar-refractivity contribution < 1.29 is 4.79 Å². The van der Waals surface area contributed by atoms with Gasteiger partial charge in [-0.05, 0) is 48.6 Å². The number of nitrogens with zero attached hydrogens (tertiary/aromatic N) is 3. The number of carbonyl (C=O) groups is 1. The molecule has 3 aromatic heterocycles. The zero-order chi connectivity index (χ0) is 15.6. The number of carbonyl (C=O) groups excluding carboxylic acids is 1. The number of hydrogen-bond donors (Lipinski definition) is 1. The third-order valence-electron chi connectivity index (χ3n) is 4.46. The molecule has 0 saturated carbocycles. The number of aromatic amines is 1. The van der Waals surface area contributed by atoms with Gasteiger partial charge in [-0.2, -0.15) is 0 Å². The number of pyridine rings is 2. The summed E-state index contributed by atoms with van der Waals surface area (Å²) >= 11 is 0. The maximum absolute atomic E-state index is 12.5. The first-order chi connectivity index (χ1) is 11.3. The number of H-pyrrole nitrogens is 1. The normalized spacial score (nSPS) is 17.7. The molecule has 0 aromatic carbocycles. The molecule has 1 fully saturated rings. The van der Waals surface area contributed by atoms with Crippen molar-refractivity contribution in [2.24, 2.45) is 5.92 Å². The maximum Gasteiger partial charge on any atom is 0.255 e. The molecule has 1 aliphatic rings. The lowest BCUT2D eigenvalue weighted by Crippen LogP contribution is -2.29. The smallest absolute Gasteiger partial charge is 0.255 e. The maximum atomic E-state index is 12.5. The number of nitrogens with one attached hydrogen (secondary N) is 1. The van der Waals surface area contributed by atoms with Crippen LogP contribution >= 0.6 is 0 Å². The van der Waals surface area contributed by atoms with E-state index in [1.807, 2.05) is 29.4 Å². The van der Waals surface area contributed by atoms with Gasteiger partial charge in [-0.3, -0.25) is 9.78 Å². The largest absolute Gasteiger partial charge is 0.346 e. The Bertz CT molecular complexity index is 827. The average molecular weight is 306 g/mol. The molecule has 0 radical (unpaired) electrons. The topological polar surface area (TPSA) is 61.9 Å². The molecule has 5 nitrogen and oxygen atoms in total. The summed E-state index contributed by atoms with van der Waals surface area (Å²) in [6.07, 6.45) is 9.17. The van der Waals surface area contributed by atoms with Crippen LogP contribution in [0.1, 0.15) is 22.3 Å². The van der Waals surface area contributed by atoms with Crippen LogP contribution in [0.5, 0.6) is 0 Å². The molecule has 23 heavy (non-hydrogen) atoms. The summed E-state index contributed by atoms with van der Waals surface area (Å²) in [6, 6.07) is 7.86. The van der Waals surface area contributed by atoms with Gasteiger partial charge in [0.15, 0.2) is 0 Å². The first-order valence-corrected chi connectivity index (χ1v) is 7.91. The van der Waals surface area contributed by atoms with Crippen molar-refractivity contribution in [3.63, 3.8) is 0 Å². The van der Waals surface area contributed by atoms with Crippen molar-refractivity contribution in [2.45, 2.75) is 12.8 Å². The van der Waals surface area contributed by atoms with Gasteiger partial charge in [-0.1, -0.05) is 0 Å². The Hall–Kier alpha value is -2.69. The summed E-state index contributed by atoms with van der Waals surface area (Å²) in [6.45, 7) is 1.62. The number of hydrogen-bond acceptors (Lipinski definition) is 3. The second-order valence-corrected chi connectivity index (χ2v) is 6.11. The second kappa shape index (κ2) is 5.83. The Kier molecular flexibility index (Phi) is 3.54. The van der Waals surface area contributed by atoms with Gasteiger partial charge in [-0.15, -0.1) is 0 Å². The molecule has 0 bridgehead atoms. The molecule has 0 spiro atoms. The number of amides is 1. The Labute approximate surface area is 134 Å². The molecule has 1 atom stereocenters. The molecule has 1 unspecified atom stereocenters. The lowest BCUT2D eigenvalue weighted by atomic mass is 9.99. The van der Waals surface area contributed by atoms with E-state index in [-0.39, 0.29) is 5.91 Å². The van der Waals surface area contributed by atoms with Gasteiger partial charge in [0.2, 0.25) is 0 Å². The highest BCUT2D eigenvalue weighted by Gasteiger charge is 2.27. The zero-order valence-corrected chi connectivity index (χ0v) is 12.8. The van der Waals surface area contributed by atoms with E-state index in [1.54, 1.807) is 18.5 Å². The highest BCUT2D eigenvalue weighted by molar-refractivity contribution is 5.94. The minimum Gasteiger partial charge on any atom is -0.346 e. The van der Waals surface area contributed by atoms with Gasteiger partial charge in [0.25, 0.3) is 5.91 Å². The fourth-order valence-corrected chi connectivity index (χ4v) is 3.29. The van der Waals surface area contributed by atoms with E-state index in [4.69, 9.17) is 0 Å². The van der Waals surface area contributed by atoms with Crippen LogP contribution in [0.15, 0.2) is 49.1 Å². The molecule has 5 heteroatoms. The molecule has 4 heterocycles. The summed E-state index contributed by atoms with van der Waals surface area (Å²) in [5, 5.41) is 1.14. The van der Waals surface area contributed by atoms with Crippen LogP contribution in [-0.2, 0) is 6.42 Å². The molecule has 116 valence electrons. The Morgan fingerprint density at radius 1 is 1.35 bits per heavy atom. The van der Waals surface area contributed by atoms with Crippen molar-refractivity contribution >= 4 is 16.9 Å². The first kappa shape index (κ1) is 13.9. The van der Waals surface area contributed by atoms with E-state index >= 15 is 0 Å². The summed E-state index contributed by atoms with van der Waals surface area (Å²) in [5.74, 6) is 0.577. The van der Waals surface area contributed by atoms with Crippen molar-refractivity contribution in [3.05, 3.63) is 60.2 Å². The summed E-state index contributed by atoms with van der Waals surface area (Å²) < 4.78 is 0. The van der Waals surface area contributed by atoms with Crippen LogP contribution in [0, 0.1) is 5.92 Å². The van der Waals surface area contributed by atoms with E-state index in [2.05, 4.69) is 21.0 Å². The number of fused-ring (bicyclic) bond motifs is 1. The minimum absolute atomic E-state index is 0.0832. The Balaban J connectivity index is 1.43. The van der Waals surface area contributed by atoms with Gasteiger partial charge in [0.05, 0.1) is 5.56 Å². The van der Waals surface area contributed by atoms with E-state index in [1.165, 1.54) is 5.56 Å². The molecule has 1 aliphatic heterocycles. The van der Waals surface area contributed by atoms with Gasteiger partial charge in [0.1, 0.15) is 5.65 Å². The molecule has 0 aliphatic carbocycles. The van der Waals surface area contributed by atoms with Crippen LogP contribution in [0.2, 0.25) is 0 Å². The SMILES string of the molecule is O=C(c1cccnc1)N1CCC(Cc2cnc3[nH]ccc3c2)C1. The summed E-state index contributed by atoms with van der Waals surface area (Å²) in [7, 11) is 0. The van der Waals surface area contributed by atoms with E-state index < -0.39 is 0 Å². The van der Waals surface area contributed by atoms with Crippen molar-refractivity contribution in [1.82, 2.24) is 19.9 Å². The molecule has 1 N–H and O–H groups in total. The molecule has 4 rings (SSSR count). The van der Waals surface area contributed by atoms with Gasteiger partial charge in [0, 0.05) is 43.3 Å². The third-order valence-corrected chi connectivity index (χ3v) is 4.46. The van der Waals surface area contributed by atoms with Crippen molar-refractivity contribution in [1.29, 1.82) is 0 Å². The standard InChI is InChI=1S/C18H18N4O/c23-18(16-2-1-5-19-11-16)22-7-4-13(12-22)8-14-9-15-3-6-20-17(15)21-10-14/h1-3,5-6,9-11,13H,4,7-8,12H2,(H,20,21). The van der Waals surface area contributed by atoms with E-state index in [0.717, 1.165) is 37.0 Å². The number of aromatic nitrogens is 3. The number of likely N-dealkylation sites (tertiary alicyclic amines) is 1. The Morgan fingerprint density at radius 3 is 3.17 bits per heavy atom. The zero-order valence-electron chi connectivity index (χ0n) is 12.8. The Morgan fingerprint density at radius 2 is 2.30 bits per heavy atom. The highest BCUT2D eigenvalue weighted by atomic mass is 16.2. The summed E-state index contributed by atoms with van der Waals surface area (Å²) in [5.41, 5.74) is 2.83. The fraction of sp³-hybridized carbons (Fsp3) is 0.278. The molecular weight excluding hydrogens is 288 g/mol. The monoisotopic (exact) mass is 306 g/mol. The van der Waals surface area contributed by atoms with Crippen LogP contribution < -0.4 is 0 Å². The lowest BCUT2D eigenvalue weighted by Gasteiger charge is -2.16. The van der Waals surface area contributed by atoms with Crippen LogP contribution in [-0.4, -0.2) is 38.8 Å². The van der Waals surface area contributed by atoms with E-state index in [9.17, 15) is 4.79 Å². The van der Waals surface area contributed by atoms with Crippen LogP contribution in [0.25, 0.3) is 11.0 Å². The van der Waals surface area contributed by atoms with Crippen LogP contribution in [0.3, 0.4) is 0 Å². The van der Waals surface area contributed by atoms with Gasteiger partial charge < -0.3 is 9.88 Å². The first-order valence-electron chi connectivity index (χ1n) is 7.91. The lowest BCUT2D eigenvalue weighted by molar-refractivity contribution is 0.0786. The van der Waals surface area contributed by atoms with Crippen molar-refractivity contribution in [2.75, 3.05) is 13.1 Å². The minimum atomic E-state index is 0.0832. The van der Waals surface area contributed by atoms with Crippen LogP contribution in [0.4, 0.5) is 0 Å². The third kappa shape index (κ3) is 2.82.